The molecule has 0 spiro atoms. The summed E-state index contributed by atoms with van der Waals surface area (Å²) in [5.74, 6) is 0.749. The van der Waals surface area contributed by atoms with E-state index >= 15 is 0 Å². The van der Waals surface area contributed by atoms with Crippen LogP contribution >= 0.6 is 0 Å². The standard InChI is InChI=1S/C16H20N2O3/c1-2-21-14-6-3-13(4-7-14)5-8-16(20)18-11-9-15(19)17-10-12-18/h3-8H,2,9-12H2,1H3,(H,17,19). The van der Waals surface area contributed by atoms with E-state index in [0.717, 1.165) is 11.3 Å². The van der Waals surface area contributed by atoms with E-state index in [1.165, 1.54) is 0 Å². The van der Waals surface area contributed by atoms with Gasteiger partial charge in [-0.15, -0.1) is 0 Å². The van der Waals surface area contributed by atoms with Crippen molar-refractivity contribution in [3.8, 4) is 5.75 Å². The highest BCUT2D eigenvalue weighted by atomic mass is 16.5. The van der Waals surface area contributed by atoms with Crippen molar-refractivity contribution >= 4 is 17.9 Å². The van der Waals surface area contributed by atoms with Gasteiger partial charge in [0, 0.05) is 32.1 Å². The third-order valence-electron chi connectivity index (χ3n) is 3.23. The molecule has 2 rings (SSSR count). The van der Waals surface area contributed by atoms with Crippen LogP contribution in [0, 0.1) is 0 Å². The third kappa shape index (κ3) is 4.63. The van der Waals surface area contributed by atoms with Crippen LogP contribution in [0.2, 0.25) is 0 Å². The number of ether oxygens (including phenoxy) is 1. The fourth-order valence-electron chi connectivity index (χ4n) is 2.10. The molecule has 1 fully saturated rings. The zero-order chi connectivity index (χ0) is 15.1. The van der Waals surface area contributed by atoms with Gasteiger partial charge in [-0.3, -0.25) is 9.59 Å². The lowest BCUT2D eigenvalue weighted by Crippen LogP contribution is -2.32. The van der Waals surface area contributed by atoms with Crippen molar-refractivity contribution in [2.24, 2.45) is 0 Å². The fourth-order valence-corrected chi connectivity index (χ4v) is 2.10. The number of amides is 2. The van der Waals surface area contributed by atoms with Gasteiger partial charge >= 0.3 is 0 Å². The quantitative estimate of drug-likeness (QED) is 0.853. The molecule has 1 aliphatic heterocycles. The molecule has 1 heterocycles. The van der Waals surface area contributed by atoms with Gasteiger partial charge in [0.1, 0.15) is 5.75 Å². The Bertz CT molecular complexity index is 523. The monoisotopic (exact) mass is 288 g/mol. The van der Waals surface area contributed by atoms with Gasteiger partial charge in [-0.25, -0.2) is 0 Å². The van der Waals surface area contributed by atoms with E-state index < -0.39 is 0 Å². The Kier molecular flexibility index (Phi) is 5.37. The van der Waals surface area contributed by atoms with E-state index in [9.17, 15) is 9.59 Å². The van der Waals surface area contributed by atoms with E-state index in [0.29, 0.717) is 32.7 Å². The van der Waals surface area contributed by atoms with Crippen molar-refractivity contribution < 1.29 is 14.3 Å². The van der Waals surface area contributed by atoms with Crippen molar-refractivity contribution in [2.45, 2.75) is 13.3 Å². The molecule has 1 aromatic rings. The maximum absolute atomic E-state index is 12.1. The predicted octanol–water partition coefficient (Wildman–Crippen LogP) is 1.45. The summed E-state index contributed by atoms with van der Waals surface area (Å²) >= 11 is 0. The second-order valence-electron chi connectivity index (χ2n) is 4.76. The van der Waals surface area contributed by atoms with Crippen LogP contribution in [-0.4, -0.2) is 43.0 Å². The lowest BCUT2D eigenvalue weighted by molar-refractivity contribution is -0.125. The Morgan fingerprint density at radius 3 is 2.81 bits per heavy atom. The zero-order valence-electron chi connectivity index (χ0n) is 12.2. The first kappa shape index (κ1) is 15.1. The maximum atomic E-state index is 12.1. The van der Waals surface area contributed by atoms with Gasteiger partial charge in [0.25, 0.3) is 0 Å². The Labute approximate surface area is 124 Å². The highest BCUT2D eigenvalue weighted by Gasteiger charge is 2.16. The molecule has 0 atom stereocenters. The van der Waals surface area contributed by atoms with E-state index in [-0.39, 0.29) is 11.8 Å². The summed E-state index contributed by atoms with van der Waals surface area (Å²) in [5.41, 5.74) is 0.941. The van der Waals surface area contributed by atoms with Crippen LogP contribution in [0.1, 0.15) is 18.9 Å². The number of carbonyl (C=O) groups is 2. The van der Waals surface area contributed by atoms with Gasteiger partial charge in [0.2, 0.25) is 11.8 Å². The van der Waals surface area contributed by atoms with Crippen molar-refractivity contribution in [2.75, 3.05) is 26.2 Å². The smallest absolute Gasteiger partial charge is 0.246 e. The van der Waals surface area contributed by atoms with E-state index in [2.05, 4.69) is 5.32 Å². The second-order valence-corrected chi connectivity index (χ2v) is 4.76. The van der Waals surface area contributed by atoms with Crippen LogP contribution < -0.4 is 10.1 Å². The molecule has 1 N–H and O–H groups in total. The molecule has 5 nitrogen and oxygen atoms in total. The summed E-state index contributed by atoms with van der Waals surface area (Å²) in [6.07, 6.45) is 3.69. The molecular weight excluding hydrogens is 268 g/mol. The lowest BCUT2D eigenvalue weighted by atomic mass is 10.2. The largest absolute Gasteiger partial charge is 0.494 e. The molecule has 1 aromatic carbocycles. The van der Waals surface area contributed by atoms with Crippen LogP contribution in [0.25, 0.3) is 6.08 Å². The molecule has 21 heavy (non-hydrogen) atoms. The topological polar surface area (TPSA) is 58.6 Å². The molecule has 2 amide bonds. The first-order valence-electron chi connectivity index (χ1n) is 7.15. The minimum absolute atomic E-state index is 0.000734. The molecule has 0 radical (unpaired) electrons. The minimum atomic E-state index is -0.0691. The number of nitrogens with one attached hydrogen (secondary N) is 1. The van der Waals surface area contributed by atoms with Gasteiger partial charge < -0.3 is 15.0 Å². The molecule has 1 aliphatic rings. The highest BCUT2D eigenvalue weighted by Crippen LogP contribution is 2.13. The Balaban J connectivity index is 1.93. The molecular formula is C16H20N2O3. The van der Waals surface area contributed by atoms with E-state index in [4.69, 9.17) is 4.74 Å². The second kappa shape index (κ2) is 7.47. The van der Waals surface area contributed by atoms with Gasteiger partial charge in [-0.2, -0.15) is 0 Å². The minimum Gasteiger partial charge on any atom is -0.494 e. The maximum Gasteiger partial charge on any atom is 0.246 e. The molecule has 0 aromatic heterocycles. The number of carbonyl (C=O) groups excluding carboxylic acids is 2. The average molecular weight is 288 g/mol. The molecule has 0 saturated carbocycles. The predicted molar refractivity (Wildman–Crippen MR) is 80.9 cm³/mol. The summed E-state index contributed by atoms with van der Waals surface area (Å²) in [6, 6.07) is 7.56. The van der Waals surface area contributed by atoms with Crippen LogP contribution in [0.5, 0.6) is 5.75 Å². The Hall–Kier alpha value is -2.30. The highest BCUT2D eigenvalue weighted by molar-refractivity contribution is 5.92. The van der Waals surface area contributed by atoms with Crippen molar-refractivity contribution in [3.05, 3.63) is 35.9 Å². The lowest BCUT2D eigenvalue weighted by Gasteiger charge is -2.17. The van der Waals surface area contributed by atoms with Crippen LogP contribution in [0.15, 0.2) is 30.3 Å². The summed E-state index contributed by atoms with van der Waals surface area (Å²) in [5, 5.41) is 2.75. The summed E-state index contributed by atoms with van der Waals surface area (Å²) in [6.45, 7) is 4.11. The van der Waals surface area contributed by atoms with Crippen molar-refractivity contribution in [1.29, 1.82) is 0 Å². The molecule has 0 bridgehead atoms. The number of rotatable bonds is 4. The normalized spacial score (nSPS) is 15.7. The average Bonchev–Trinajstić information content (AvgIpc) is 2.71. The third-order valence-corrected chi connectivity index (χ3v) is 3.23. The van der Waals surface area contributed by atoms with Gasteiger partial charge in [-0.05, 0) is 30.7 Å². The summed E-state index contributed by atoms with van der Waals surface area (Å²) in [4.78, 5) is 25.0. The van der Waals surface area contributed by atoms with Gasteiger partial charge in [0.15, 0.2) is 0 Å². The molecule has 5 heteroatoms. The summed E-state index contributed by atoms with van der Waals surface area (Å²) < 4.78 is 5.37. The van der Waals surface area contributed by atoms with E-state index in [1.54, 1.807) is 17.1 Å². The SMILES string of the molecule is CCOc1ccc(C=CC(=O)N2CCNC(=O)CC2)cc1. The van der Waals surface area contributed by atoms with Crippen LogP contribution in [0.4, 0.5) is 0 Å². The zero-order valence-corrected chi connectivity index (χ0v) is 12.2. The number of hydrogen-bond acceptors (Lipinski definition) is 3. The molecule has 1 saturated heterocycles. The van der Waals surface area contributed by atoms with Crippen LogP contribution in [0.3, 0.4) is 0 Å². The Morgan fingerprint density at radius 1 is 1.33 bits per heavy atom. The first-order chi connectivity index (χ1) is 10.2. The van der Waals surface area contributed by atoms with E-state index in [1.807, 2.05) is 31.2 Å². The van der Waals surface area contributed by atoms with Gasteiger partial charge in [0.05, 0.1) is 6.61 Å². The van der Waals surface area contributed by atoms with Crippen LogP contribution in [-0.2, 0) is 9.59 Å². The molecule has 0 aliphatic carbocycles. The number of hydrogen-bond donors (Lipinski definition) is 1. The number of benzene rings is 1. The van der Waals surface area contributed by atoms with Crippen molar-refractivity contribution in [1.82, 2.24) is 10.2 Å². The van der Waals surface area contributed by atoms with Gasteiger partial charge in [-0.1, -0.05) is 12.1 Å². The Morgan fingerprint density at radius 2 is 2.10 bits per heavy atom. The molecule has 112 valence electrons. The molecule has 0 unspecified atom stereocenters. The fraction of sp³-hybridized carbons (Fsp3) is 0.375. The first-order valence-corrected chi connectivity index (χ1v) is 7.15. The van der Waals surface area contributed by atoms with Crippen molar-refractivity contribution in [3.63, 3.8) is 0 Å². The number of nitrogens with zero attached hydrogens (tertiary/aromatic N) is 1. The summed E-state index contributed by atoms with van der Waals surface area (Å²) in [7, 11) is 0.